The maximum atomic E-state index is 14.3. The minimum atomic E-state index is -0.329. The van der Waals surface area contributed by atoms with Crippen LogP contribution in [0.5, 0.6) is 23.0 Å². The summed E-state index contributed by atoms with van der Waals surface area (Å²) in [5, 5.41) is 0. The van der Waals surface area contributed by atoms with Gasteiger partial charge in [0.15, 0.2) is 27.8 Å². The summed E-state index contributed by atoms with van der Waals surface area (Å²) >= 11 is 3.66. The number of nitrogens with zero attached hydrogens (tertiary/aromatic N) is 2. The largest absolute Gasteiger partial charge is 0.493 e. The van der Waals surface area contributed by atoms with Crippen LogP contribution in [0.3, 0.4) is 0 Å². The Morgan fingerprint density at radius 1 is 0.891 bits per heavy atom. The molecule has 7 rings (SSSR count). The van der Waals surface area contributed by atoms with Gasteiger partial charge in [-0.25, -0.2) is 4.99 Å². The topological polar surface area (TPSA) is 71.3 Å². The number of allylic oxidation sites excluding steroid dienone is 1. The molecular weight excluding hydrogens is 711 g/mol. The number of ether oxygens (including phenoxy) is 4. The number of thiazole rings is 1. The number of rotatable bonds is 8. The average Bonchev–Trinajstić information content (AvgIpc) is 3.40. The summed E-state index contributed by atoms with van der Waals surface area (Å²) in [5.74, 6) is 2.54. The fourth-order valence-electron chi connectivity index (χ4n) is 6.19. The molecule has 0 spiro atoms. The first-order valence-electron chi connectivity index (χ1n) is 14.9. The predicted octanol–water partition coefficient (Wildman–Crippen LogP) is 6.53. The van der Waals surface area contributed by atoms with Crippen LogP contribution in [0, 0.1) is 3.57 Å². The molecule has 0 saturated heterocycles. The predicted molar refractivity (Wildman–Crippen MR) is 189 cm³/mol. The molecule has 1 atom stereocenters. The Bertz CT molecular complexity index is 2170. The van der Waals surface area contributed by atoms with E-state index in [1.54, 1.807) is 21.3 Å². The van der Waals surface area contributed by atoms with Gasteiger partial charge in [-0.3, -0.25) is 9.36 Å². The van der Waals surface area contributed by atoms with Crippen LogP contribution in [0.1, 0.15) is 40.3 Å². The number of halogens is 1. The molecular formula is C37H31IN2O5S. The zero-order valence-corrected chi connectivity index (χ0v) is 28.6. The van der Waals surface area contributed by atoms with Crippen LogP contribution in [0.4, 0.5) is 0 Å². The molecule has 0 amide bonds. The Hall–Kier alpha value is -4.35. The highest BCUT2D eigenvalue weighted by Gasteiger charge is 2.33. The monoisotopic (exact) mass is 742 g/mol. The fraction of sp³-hybridized carbons (Fsp3) is 0.189. The van der Waals surface area contributed by atoms with Gasteiger partial charge in [0.05, 0.1) is 41.2 Å². The highest BCUT2D eigenvalue weighted by Crippen LogP contribution is 2.43. The van der Waals surface area contributed by atoms with Crippen molar-refractivity contribution in [1.29, 1.82) is 0 Å². The van der Waals surface area contributed by atoms with Crippen LogP contribution in [-0.2, 0) is 13.0 Å². The van der Waals surface area contributed by atoms with Crippen LogP contribution < -0.4 is 33.8 Å². The molecule has 0 saturated carbocycles. The molecule has 9 heteroatoms. The molecule has 2 aliphatic rings. The van der Waals surface area contributed by atoms with Gasteiger partial charge < -0.3 is 18.9 Å². The lowest BCUT2D eigenvalue weighted by atomic mass is 9.83. The smallest absolute Gasteiger partial charge is 0.271 e. The molecule has 1 aliphatic carbocycles. The molecule has 1 aromatic heterocycles. The van der Waals surface area contributed by atoms with Crippen molar-refractivity contribution in [2.45, 2.75) is 25.5 Å². The Labute approximate surface area is 284 Å². The van der Waals surface area contributed by atoms with Crippen LogP contribution >= 0.6 is 33.9 Å². The first kappa shape index (κ1) is 30.3. The van der Waals surface area contributed by atoms with Gasteiger partial charge in [-0.1, -0.05) is 72.0 Å². The lowest BCUT2D eigenvalue weighted by molar-refractivity contribution is 0.282. The molecule has 0 unspecified atom stereocenters. The van der Waals surface area contributed by atoms with Crippen molar-refractivity contribution in [3.05, 3.63) is 142 Å². The number of hydrogen-bond donors (Lipinski definition) is 0. The Morgan fingerprint density at radius 3 is 2.43 bits per heavy atom. The standard InChI is InChI=1S/C37H31IN2O5S/c1-42-29-16-14-25(20-30(29)43-2)34-27-15-13-24-11-7-8-12-26(24)33(27)39-37-40(34)36(41)32(46-37)19-23-17-28(38)35(31(18-23)44-3)45-21-22-9-5-4-6-10-22/h4-12,14,16-20,34H,13,15,21H2,1-3H3/b32-19-/t34-/m1/s1. The summed E-state index contributed by atoms with van der Waals surface area (Å²) in [4.78, 5) is 20.1. The quantitative estimate of drug-likeness (QED) is 0.169. The Balaban J connectivity index is 1.35. The summed E-state index contributed by atoms with van der Waals surface area (Å²) in [6.07, 6.45) is 3.60. The molecule has 0 radical (unpaired) electrons. The lowest BCUT2D eigenvalue weighted by Gasteiger charge is -2.31. The van der Waals surface area contributed by atoms with Crippen LogP contribution in [0.2, 0.25) is 0 Å². The van der Waals surface area contributed by atoms with E-state index in [2.05, 4.69) is 40.8 Å². The van der Waals surface area contributed by atoms with Crippen molar-refractivity contribution in [1.82, 2.24) is 4.57 Å². The summed E-state index contributed by atoms with van der Waals surface area (Å²) in [5.41, 5.74) is 7.24. The Kier molecular flexibility index (Phi) is 8.44. The minimum Gasteiger partial charge on any atom is -0.493 e. The molecule has 7 nitrogen and oxygen atoms in total. The molecule has 0 bridgehead atoms. The SMILES string of the molecule is COc1ccc([C@@H]2C3=C(N=c4s/c(=C\c5cc(I)c(OCc6ccccc6)c(OC)c5)c(=O)n42)c2ccccc2CC3)cc1OC. The average molecular weight is 743 g/mol. The van der Waals surface area contributed by atoms with Gasteiger partial charge in [0, 0.05) is 5.56 Å². The number of fused-ring (bicyclic) bond motifs is 3. The summed E-state index contributed by atoms with van der Waals surface area (Å²) in [7, 11) is 4.88. The van der Waals surface area contributed by atoms with E-state index in [0.717, 1.165) is 49.9 Å². The maximum absolute atomic E-state index is 14.3. The second kappa shape index (κ2) is 12.8. The Morgan fingerprint density at radius 2 is 1.65 bits per heavy atom. The molecule has 0 fully saturated rings. The second-order valence-electron chi connectivity index (χ2n) is 11.0. The van der Waals surface area contributed by atoms with Crippen molar-refractivity contribution in [2.24, 2.45) is 4.99 Å². The van der Waals surface area contributed by atoms with E-state index in [4.69, 9.17) is 23.9 Å². The van der Waals surface area contributed by atoms with Crippen molar-refractivity contribution in [3.8, 4) is 23.0 Å². The molecule has 46 heavy (non-hydrogen) atoms. The number of hydrogen-bond acceptors (Lipinski definition) is 7. The number of benzene rings is 4. The van der Waals surface area contributed by atoms with Crippen LogP contribution in [0.25, 0.3) is 11.8 Å². The maximum Gasteiger partial charge on any atom is 0.271 e. The van der Waals surface area contributed by atoms with E-state index in [-0.39, 0.29) is 11.6 Å². The van der Waals surface area contributed by atoms with Crippen LogP contribution in [0.15, 0.2) is 100 Å². The lowest BCUT2D eigenvalue weighted by Crippen LogP contribution is -2.38. The van der Waals surface area contributed by atoms with Crippen molar-refractivity contribution in [3.63, 3.8) is 0 Å². The van der Waals surface area contributed by atoms with E-state index in [0.29, 0.717) is 38.9 Å². The minimum absolute atomic E-state index is 0.0904. The summed E-state index contributed by atoms with van der Waals surface area (Å²) in [6, 6.07) is 27.9. The number of methoxy groups -OCH3 is 3. The zero-order chi connectivity index (χ0) is 31.8. The van der Waals surface area contributed by atoms with E-state index < -0.39 is 0 Å². The van der Waals surface area contributed by atoms with Gasteiger partial charge in [0.25, 0.3) is 5.56 Å². The van der Waals surface area contributed by atoms with Crippen molar-refractivity contribution < 1.29 is 18.9 Å². The highest BCUT2D eigenvalue weighted by atomic mass is 127. The van der Waals surface area contributed by atoms with Gasteiger partial charge in [-0.2, -0.15) is 0 Å². The third kappa shape index (κ3) is 5.51. The number of aryl methyl sites for hydroxylation is 1. The van der Waals surface area contributed by atoms with Gasteiger partial charge in [-0.15, -0.1) is 0 Å². The van der Waals surface area contributed by atoms with Gasteiger partial charge in [0.1, 0.15) is 6.61 Å². The second-order valence-corrected chi connectivity index (χ2v) is 13.2. The molecule has 232 valence electrons. The van der Waals surface area contributed by atoms with Gasteiger partial charge >= 0.3 is 0 Å². The van der Waals surface area contributed by atoms with Crippen LogP contribution in [-0.4, -0.2) is 25.9 Å². The van der Waals surface area contributed by atoms with Crippen molar-refractivity contribution in [2.75, 3.05) is 21.3 Å². The highest BCUT2D eigenvalue weighted by molar-refractivity contribution is 14.1. The van der Waals surface area contributed by atoms with E-state index in [1.165, 1.54) is 16.9 Å². The molecule has 5 aromatic rings. The number of aromatic nitrogens is 1. The molecule has 2 heterocycles. The summed E-state index contributed by atoms with van der Waals surface area (Å²) in [6.45, 7) is 0.426. The first-order valence-corrected chi connectivity index (χ1v) is 16.8. The fourth-order valence-corrected chi connectivity index (χ4v) is 7.97. The molecule has 0 N–H and O–H groups in total. The van der Waals surface area contributed by atoms with E-state index >= 15 is 0 Å². The molecule has 1 aliphatic heterocycles. The molecule has 4 aromatic carbocycles. The van der Waals surface area contributed by atoms with Crippen molar-refractivity contribution >= 4 is 45.7 Å². The first-order chi connectivity index (χ1) is 22.5. The third-order valence-electron chi connectivity index (χ3n) is 8.37. The normalized spacial score (nSPS) is 15.4. The third-order valence-corrected chi connectivity index (χ3v) is 10.2. The summed E-state index contributed by atoms with van der Waals surface area (Å²) < 4.78 is 26.4. The van der Waals surface area contributed by atoms with E-state index in [9.17, 15) is 4.79 Å². The van der Waals surface area contributed by atoms with Gasteiger partial charge in [-0.05, 0) is 93.6 Å². The van der Waals surface area contributed by atoms with Gasteiger partial charge in [0.2, 0.25) is 0 Å². The van der Waals surface area contributed by atoms with E-state index in [1.807, 2.05) is 77.4 Å². The zero-order valence-electron chi connectivity index (χ0n) is 25.6.